The van der Waals surface area contributed by atoms with Gasteiger partial charge in [-0.3, -0.25) is 4.68 Å². The molecule has 3 N–H and O–H groups in total. The number of nitrogens with zero attached hydrogens (tertiary/aromatic N) is 3. The van der Waals surface area contributed by atoms with Crippen LogP contribution in [-0.2, 0) is 0 Å². The number of anilines is 1. The molecule has 6 rings (SSSR count). The second-order valence-corrected chi connectivity index (χ2v) is 10.4. The van der Waals surface area contributed by atoms with Gasteiger partial charge in [0.25, 0.3) is 0 Å². The summed E-state index contributed by atoms with van der Waals surface area (Å²) in [6, 6.07) is 12.8. The number of fused-ring (bicyclic) bond motifs is 1. The van der Waals surface area contributed by atoms with Crippen molar-refractivity contribution >= 4 is 40.0 Å². The minimum atomic E-state index is -0.744. The van der Waals surface area contributed by atoms with Crippen molar-refractivity contribution in [3.05, 3.63) is 82.5 Å². The number of nitrogens with two attached hydrogens (primary N) is 1. The monoisotopic (exact) mass is 565 g/mol. The van der Waals surface area contributed by atoms with Crippen LogP contribution >= 0.6 is 23.2 Å². The molecule has 5 aromatic rings. The zero-order valence-electron chi connectivity index (χ0n) is 21.1. The van der Waals surface area contributed by atoms with Crippen LogP contribution in [0.25, 0.3) is 33.4 Å². The van der Waals surface area contributed by atoms with E-state index in [1.54, 1.807) is 13.1 Å². The molecule has 39 heavy (non-hydrogen) atoms. The van der Waals surface area contributed by atoms with Crippen molar-refractivity contribution in [1.29, 1.82) is 0 Å². The number of nitrogens with one attached hydrogen (secondary N) is 1. The fourth-order valence-electron chi connectivity index (χ4n) is 5.13. The maximum Gasteiger partial charge on any atom is 0.205 e. The molecule has 0 saturated carbocycles. The van der Waals surface area contributed by atoms with Crippen LogP contribution in [-0.4, -0.2) is 27.9 Å². The summed E-state index contributed by atoms with van der Waals surface area (Å²) in [6.45, 7) is 3.65. The Labute approximate surface area is 234 Å². The van der Waals surface area contributed by atoms with Crippen LogP contribution in [0.3, 0.4) is 0 Å². The maximum absolute atomic E-state index is 14.2. The molecule has 0 spiro atoms. The van der Waals surface area contributed by atoms with Crippen LogP contribution in [0.5, 0.6) is 5.75 Å². The zero-order valence-corrected chi connectivity index (χ0v) is 22.6. The van der Waals surface area contributed by atoms with Gasteiger partial charge in [0.05, 0.1) is 22.6 Å². The Kier molecular flexibility index (Phi) is 6.93. The van der Waals surface area contributed by atoms with E-state index >= 15 is 0 Å². The average molecular weight is 566 g/mol. The minimum absolute atomic E-state index is 0.107. The number of benzene rings is 2. The fraction of sp³-hybridized carbons (Fsp3) is 0.241. The van der Waals surface area contributed by atoms with Crippen molar-refractivity contribution in [2.75, 3.05) is 18.8 Å². The van der Waals surface area contributed by atoms with E-state index in [1.165, 1.54) is 12.1 Å². The molecular formula is C29H26Cl2FN5O2. The molecule has 7 nitrogen and oxygen atoms in total. The molecule has 3 aromatic heterocycles. The topological polar surface area (TPSA) is 91.1 Å². The van der Waals surface area contributed by atoms with Crippen molar-refractivity contribution in [2.45, 2.75) is 31.9 Å². The van der Waals surface area contributed by atoms with Crippen LogP contribution in [0.4, 0.5) is 10.2 Å². The van der Waals surface area contributed by atoms with Gasteiger partial charge in [0, 0.05) is 39.7 Å². The first kappa shape index (κ1) is 25.7. The third-order valence-corrected chi connectivity index (χ3v) is 7.82. The molecule has 1 fully saturated rings. The van der Waals surface area contributed by atoms with Crippen molar-refractivity contribution < 1.29 is 13.5 Å². The predicted molar refractivity (Wildman–Crippen MR) is 152 cm³/mol. The highest BCUT2D eigenvalue weighted by Gasteiger charge is 2.27. The molecule has 0 unspecified atom stereocenters. The molecule has 1 saturated heterocycles. The normalized spacial score (nSPS) is 15.1. The highest BCUT2D eigenvalue weighted by Crippen LogP contribution is 2.46. The Morgan fingerprint density at radius 2 is 1.87 bits per heavy atom. The Hall–Kier alpha value is -3.59. The molecule has 4 heterocycles. The SMILES string of the molecule is C[C@@H](Oc1c(N)ncc2c(-c3cnn(C4CCNCC4)c3)c(-c3ccccc3)oc12)c1c(Cl)ccc(F)c1Cl. The lowest BCUT2D eigenvalue weighted by Gasteiger charge is -2.22. The van der Waals surface area contributed by atoms with Gasteiger partial charge in [0.1, 0.15) is 17.7 Å². The van der Waals surface area contributed by atoms with Crippen molar-refractivity contribution in [2.24, 2.45) is 0 Å². The number of aromatic nitrogens is 3. The van der Waals surface area contributed by atoms with Gasteiger partial charge in [-0.25, -0.2) is 9.37 Å². The lowest BCUT2D eigenvalue weighted by Crippen LogP contribution is -2.29. The van der Waals surface area contributed by atoms with Gasteiger partial charge in [0.15, 0.2) is 11.4 Å². The standard InChI is InChI=1S/C29H26Cl2FN5O2/c1-16(23-21(30)7-8-22(32)25(23)31)38-28-27-20(14-35-29(28)33)24(26(39-27)17-5-3-2-4-6-17)18-13-36-37(15-18)19-9-11-34-12-10-19/h2-8,13-16,19,34H,9-12H2,1H3,(H2,33,35)/t16-/m1/s1. The second-order valence-electron chi connectivity index (χ2n) is 9.59. The van der Waals surface area contributed by atoms with Crippen molar-refractivity contribution in [1.82, 2.24) is 20.1 Å². The van der Waals surface area contributed by atoms with E-state index in [-0.39, 0.29) is 21.6 Å². The molecular weight excluding hydrogens is 540 g/mol. The first-order chi connectivity index (χ1) is 18.9. The molecule has 0 radical (unpaired) electrons. The summed E-state index contributed by atoms with van der Waals surface area (Å²) in [5, 5.41) is 8.98. The number of hydrogen-bond acceptors (Lipinski definition) is 6. The van der Waals surface area contributed by atoms with Crippen LogP contribution in [0.15, 0.2) is 65.5 Å². The highest BCUT2D eigenvalue weighted by atomic mass is 35.5. The summed E-state index contributed by atoms with van der Waals surface area (Å²) in [5.74, 6) is 0.407. The summed E-state index contributed by atoms with van der Waals surface area (Å²) >= 11 is 12.6. The summed E-state index contributed by atoms with van der Waals surface area (Å²) in [6.07, 6.45) is 6.86. The molecule has 2 aromatic carbocycles. The average Bonchev–Trinajstić information content (AvgIpc) is 3.59. The number of hydrogen-bond donors (Lipinski definition) is 2. The molecule has 0 amide bonds. The Morgan fingerprint density at radius 1 is 1.10 bits per heavy atom. The van der Waals surface area contributed by atoms with Gasteiger partial charge in [-0.15, -0.1) is 0 Å². The largest absolute Gasteiger partial charge is 0.478 e. The number of ether oxygens (including phenoxy) is 1. The number of piperidine rings is 1. The molecule has 10 heteroatoms. The Bertz CT molecular complexity index is 1650. The zero-order chi connectivity index (χ0) is 27.1. The Balaban J connectivity index is 1.49. The first-order valence-electron chi connectivity index (χ1n) is 12.7. The number of halogens is 3. The van der Waals surface area contributed by atoms with Crippen LogP contribution in [0.1, 0.15) is 37.5 Å². The van der Waals surface area contributed by atoms with Gasteiger partial charge in [-0.05, 0) is 45.0 Å². The van der Waals surface area contributed by atoms with Gasteiger partial charge in [-0.1, -0.05) is 53.5 Å². The summed E-state index contributed by atoms with van der Waals surface area (Å²) in [5.41, 5.74) is 9.64. The summed E-state index contributed by atoms with van der Waals surface area (Å²) < 4.78 is 29.0. The van der Waals surface area contributed by atoms with E-state index < -0.39 is 11.9 Å². The number of pyridine rings is 1. The van der Waals surface area contributed by atoms with Crippen molar-refractivity contribution in [3.8, 4) is 28.2 Å². The van der Waals surface area contributed by atoms with E-state index in [9.17, 15) is 4.39 Å². The molecule has 1 atom stereocenters. The molecule has 1 aliphatic heterocycles. The van der Waals surface area contributed by atoms with E-state index in [4.69, 9.17) is 43.2 Å². The number of nitrogen functional groups attached to an aromatic ring is 1. The van der Waals surface area contributed by atoms with Gasteiger partial charge in [0.2, 0.25) is 5.75 Å². The smallest absolute Gasteiger partial charge is 0.205 e. The Morgan fingerprint density at radius 3 is 2.64 bits per heavy atom. The lowest BCUT2D eigenvalue weighted by molar-refractivity contribution is 0.227. The quantitative estimate of drug-likeness (QED) is 0.208. The number of rotatable bonds is 6. The third-order valence-electron chi connectivity index (χ3n) is 7.11. The molecule has 1 aliphatic rings. The number of furan rings is 1. The van der Waals surface area contributed by atoms with E-state index in [0.29, 0.717) is 28.3 Å². The van der Waals surface area contributed by atoms with Crippen LogP contribution < -0.4 is 15.8 Å². The van der Waals surface area contributed by atoms with E-state index in [2.05, 4.69) is 16.5 Å². The summed E-state index contributed by atoms with van der Waals surface area (Å²) in [7, 11) is 0. The van der Waals surface area contributed by atoms with Gasteiger partial charge < -0.3 is 20.2 Å². The predicted octanol–water partition coefficient (Wildman–Crippen LogP) is 7.45. The minimum Gasteiger partial charge on any atom is -0.478 e. The molecule has 200 valence electrons. The third kappa shape index (κ3) is 4.73. The lowest BCUT2D eigenvalue weighted by atomic mass is 10.0. The van der Waals surface area contributed by atoms with Crippen LogP contribution in [0.2, 0.25) is 10.0 Å². The summed E-state index contributed by atoms with van der Waals surface area (Å²) in [4.78, 5) is 4.42. The fourth-order valence-corrected chi connectivity index (χ4v) is 5.81. The maximum atomic E-state index is 14.2. The van der Waals surface area contributed by atoms with Crippen molar-refractivity contribution in [3.63, 3.8) is 0 Å². The van der Waals surface area contributed by atoms with Crippen LogP contribution in [0, 0.1) is 5.82 Å². The van der Waals surface area contributed by atoms with E-state index in [0.717, 1.165) is 42.6 Å². The first-order valence-corrected chi connectivity index (χ1v) is 13.5. The van der Waals surface area contributed by atoms with Gasteiger partial charge in [-0.2, -0.15) is 5.10 Å². The van der Waals surface area contributed by atoms with E-state index in [1.807, 2.05) is 41.2 Å². The molecule has 0 aliphatic carbocycles. The highest BCUT2D eigenvalue weighted by molar-refractivity contribution is 6.36. The van der Waals surface area contributed by atoms with Gasteiger partial charge >= 0.3 is 0 Å². The second kappa shape index (κ2) is 10.5. The molecule has 0 bridgehead atoms.